The summed E-state index contributed by atoms with van der Waals surface area (Å²) in [5, 5.41) is 10.7. The third-order valence-electron chi connectivity index (χ3n) is 2.70. The van der Waals surface area contributed by atoms with Crippen LogP contribution in [0.3, 0.4) is 0 Å². The molecule has 1 aliphatic rings. The zero-order valence-electron chi connectivity index (χ0n) is 9.25. The molecule has 2 heterocycles. The molecule has 0 aliphatic carbocycles. The zero-order chi connectivity index (χ0) is 12.6. The van der Waals surface area contributed by atoms with E-state index < -0.39 is 10.0 Å². The Labute approximate surface area is 108 Å². The molecule has 6 nitrogen and oxygen atoms in total. The Morgan fingerprint density at radius 1 is 1.28 bits per heavy atom. The maximum absolute atomic E-state index is 12.1. The summed E-state index contributed by atoms with van der Waals surface area (Å²) in [6, 6.07) is 5.14. The van der Waals surface area contributed by atoms with Crippen molar-refractivity contribution in [1.29, 1.82) is 0 Å². The van der Waals surface area contributed by atoms with Gasteiger partial charge < -0.3 is 5.32 Å². The van der Waals surface area contributed by atoms with E-state index in [9.17, 15) is 8.42 Å². The van der Waals surface area contributed by atoms with Crippen LogP contribution in [0.15, 0.2) is 28.6 Å². The monoisotopic (exact) mass is 282 g/mol. The Hall–Kier alpha value is -1.51. The molecule has 0 bridgehead atoms. The summed E-state index contributed by atoms with van der Waals surface area (Å²) in [5.74, 6) is 0. The number of nitrogens with zero attached hydrogens (tertiary/aromatic N) is 2. The summed E-state index contributed by atoms with van der Waals surface area (Å²) in [6.07, 6.45) is 0. The fourth-order valence-corrected chi connectivity index (χ4v) is 3.57. The van der Waals surface area contributed by atoms with Crippen molar-refractivity contribution in [2.75, 3.05) is 4.72 Å². The minimum atomic E-state index is -3.57. The summed E-state index contributed by atoms with van der Waals surface area (Å²) in [4.78, 5) is 0.250. The molecule has 18 heavy (non-hydrogen) atoms. The average Bonchev–Trinajstić information content (AvgIpc) is 2.97. The molecule has 1 aliphatic heterocycles. The molecular weight excluding hydrogens is 272 g/mol. The van der Waals surface area contributed by atoms with Crippen molar-refractivity contribution < 1.29 is 8.42 Å². The second kappa shape index (κ2) is 4.30. The van der Waals surface area contributed by atoms with Gasteiger partial charge in [-0.2, -0.15) is 0 Å². The zero-order valence-corrected chi connectivity index (χ0v) is 10.9. The van der Waals surface area contributed by atoms with Gasteiger partial charge in [-0.25, -0.2) is 8.42 Å². The van der Waals surface area contributed by atoms with E-state index >= 15 is 0 Å². The van der Waals surface area contributed by atoms with E-state index in [0.717, 1.165) is 29.0 Å². The summed E-state index contributed by atoms with van der Waals surface area (Å²) >= 11 is 1.15. The lowest BCUT2D eigenvalue weighted by atomic mass is 10.1. The third-order valence-corrected chi connectivity index (χ3v) is 4.77. The summed E-state index contributed by atoms with van der Waals surface area (Å²) in [6.45, 7) is 1.50. The summed E-state index contributed by atoms with van der Waals surface area (Å²) in [5.41, 5.74) is 3.64. The van der Waals surface area contributed by atoms with Crippen LogP contribution in [-0.4, -0.2) is 18.6 Å². The van der Waals surface area contributed by atoms with Gasteiger partial charge in [0.2, 0.25) is 5.13 Å². The van der Waals surface area contributed by atoms with Crippen LogP contribution >= 0.6 is 11.3 Å². The molecule has 0 atom stereocenters. The molecular formula is C10H10N4O2S2. The van der Waals surface area contributed by atoms with Crippen LogP contribution in [0.2, 0.25) is 0 Å². The van der Waals surface area contributed by atoms with E-state index in [1.54, 1.807) is 12.1 Å². The van der Waals surface area contributed by atoms with Crippen molar-refractivity contribution in [3.63, 3.8) is 0 Å². The number of hydrogen-bond acceptors (Lipinski definition) is 6. The number of hydrogen-bond donors (Lipinski definition) is 2. The van der Waals surface area contributed by atoms with Crippen LogP contribution < -0.4 is 10.0 Å². The number of anilines is 1. The van der Waals surface area contributed by atoms with Gasteiger partial charge >= 0.3 is 0 Å². The highest BCUT2D eigenvalue weighted by Gasteiger charge is 2.19. The number of rotatable bonds is 3. The Morgan fingerprint density at radius 2 is 2.11 bits per heavy atom. The smallest absolute Gasteiger partial charge is 0.263 e. The van der Waals surface area contributed by atoms with Gasteiger partial charge in [0.05, 0.1) is 4.90 Å². The summed E-state index contributed by atoms with van der Waals surface area (Å²) in [7, 11) is -3.57. The fourth-order valence-electron chi connectivity index (χ4n) is 1.83. The lowest BCUT2D eigenvalue weighted by Crippen LogP contribution is -2.13. The van der Waals surface area contributed by atoms with E-state index in [1.807, 2.05) is 6.07 Å². The summed E-state index contributed by atoms with van der Waals surface area (Å²) < 4.78 is 26.6. The predicted octanol–water partition coefficient (Wildman–Crippen LogP) is 0.942. The van der Waals surface area contributed by atoms with Gasteiger partial charge in [-0.05, 0) is 23.3 Å². The second-order valence-electron chi connectivity index (χ2n) is 3.88. The highest BCUT2D eigenvalue weighted by Crippen LogP contribution is 2.22. The molecule has 0 unspecified atom stereocenters. The van der Waals surface area contributed by atoms with Crippen molar-refractivity contribution in [2.24, 2.45) is 0 Å². The van der Waals surface area contributed by atoms with Crippen molar-refractivity contribution in [3.8, 4) is 0 Å². The van der Waals surface area contributed by atoms with Gasteiger partial charge in [0.1, 0.15) is 5.51 Å². The fraction of sp³-hybridized carbons (Fsp3) is 0.200. The van der Waals surface area contributed by atoms with Crippen LogP contribution in [0.1, 0.15) is 11.1 Å². The highest BCUT2D eigenvalue weighted by atomic mass is 32.2. The Morgan fingerprint density at radius 3 is 2.89 bits per heavy atom. The molecule has 0 radical (unpaired) electrons. The van der Waals surface area contributed by atoms with E-state index in [1.165, 1.54) is 5.51 Å². The molecule has 2 aromatic rings. The Kier molecular flexibility index (Phi) is 2.77. The minimum absolute atomic E-state index is 0.250. The lowest BCUT2D eigenvalue weighted by Gasteiger charge is -2.06. The van der Waals surface area contributed by atoms with E-state index in [4.69, 9.17) is 0 Å². The molecule has 1 aromatic heterocycles. The first-order chi connectivity index (χ1) is 8.65. The van der Waals surface area contributed by atoms with E-state index in [-0.39, 0.29) is 10.0 Å². The average molecular weight is 282 g/mol. The lowest BCUT2D eigenvalue weighted by molar-refractivity contribution is 0.601. The van der Waals surface area contributed by atoms with Gasteiger partial charge in [-0.1, -0.05) is 17.4 Å². The van der Waals surface area contributed by atoms with Gasteiger partial charge in [0.25, 0.3) is 10.0 Å². The standard InChI is InChI=1S/C10H10N4O2S2/c15-18(16,14-10-13-12-6-17-10)9-2-1-7-4-11-5-8(7)3-9/h1-3,6,11H,4-5H2,(H,13,14). The van der Waals surface area contributed by atoms with Gasteiger partial charge in [0.15, 0.2) is 0 Å². The van der Waals surface area contributed by atoms with E-state index in [2.05, 4.69) is 20.2 Å². The Bertz CT molecular complexity index is 667. The Balaban J connectivity index is 1.94. The molecule has 3 rings (SSSR count). The number of sulfonamides is 1. The van der Waals surface area contributed by atoms with E-state index in [0.29, 0.717) is 6.54 Å². The number of aromatic nitrogens is 2. The maximum atomic E-state index is 12.1. The number of nitrogens with one attached hydrogen (secondary N) is 2. The second-order valence-corrected chi connectivity index (χ2v) is 6.40. The maximum Gasteiger partial charge on any atom is 0.263 e. The largest absolute Gasteiger partial charge is 0.309 e. The first-order valence-corrected chi connectivity index (χ1v) is 7.63. The van der Waals surface area contributed by atoms with Crippen LogP contribution in [0.25, 0.3) is 0 Å². The molecule has 94 valence electrons. The topological polar surface area (TPSA) is 84.0 Å². The quantitative estimate of drug-likeness (QED) is 0.875. The molecule has 0 spiro atoms. The van der Waals surface area contributed by atoms with Gasteiger partial charge in [0, 0.05) is 13.1 Å². The first-order valence-electron chi connectivity index (χ1n) is 5.27. The number of fused-ring (bicyclic) bond motifs is 1. The van der Waals surface area contributed by atoms with Crippen LogP contribution in [0.4, 0.5) is 5.13 Å². The van der Waals surface area contributed by atoms with Crippen molar-refractivity contribution in [2.45, 2.75) is 18.0 Å². The SMILES string of the molecule is O=S(=O)(Nc1nncs1)c1ccc2c(c1)CNC2. The van der Waals surface area contributed by atoms with Crippen molar-refractivity contribution in [3.05, 3.63) is 34.8 Å². The highest BCUT2D eigenvalue weighted by molar-refractivity contribution is 7.93. The van der Waals surface area contributed by atoms with Crippen molar-refractivity contribution in [1.82, 2.24) is 15.5 Å². The van der Waals surface area contributed by atoms with Crippen LogP contribution in [0.5, 0.6) is 0 Å². The molecule has 8 heteroatoms. The minimum Gasteiger partial charge on any atom is -0.309 e. The third kappa shape index (κ3) is 2.09. The molecule has 0 fully saturated rings. The van der Waals surface area contributed by atoms with Gasteiger partial charge in [-0.3, -0.25) is 4.72 Å². The molecule has 1 aromatic carbocycles. The van der Waals surface area contributed by atoms with Gasteiger partial charge in [-0.15, -0.1) is 10.2 Å². The predicted molar refractivity (Wildman–Crippen MR) is 67.7 cm³/mol. The van der Waals surface area contributed by atoms with Crippen molar-refractivity contribution >= 4 is 26.5 Å². The molecule has 0 saturated carbocycles. The number of benzene rings is 1. The van der Waals surface area contributed by atoms with Crippen LogP contribution in [-0.2, 0) is 23.1 Å². The van der Waals surface area contributed by atoms with Crippen LogP contribution in [0, 0.1) is 0 Å². The first kappa shape index (κ1) is 11.6. The molecule has 0 amide bonds. The normalized spacial score (nSPS) is 14.4. The molecule has 2 N–H and O–H groups in total. The molecule has 0 saturated heterocycles.